The Bertz CT molecular complexity index is 576. The van der Waals surface area contributed by atoms with Crippen LogP contribution < -0.4 is 5.32 Å². The van der Waals surface area contributed by atoms with E-state index >= 15 is 0 Å². The van der Waals surface area contributed by atoms with E-state index < -0.39 is 0 Å². The van der Waals surface area contributed by atoms with Crippen LogP contribution in [0, 0.1) is 0 Å². The van der Waals surface area contributed by atoms with Crippen molar-refractivity contribution in [3.63, 3.8) is 0 Å². The van der Waals surface area contributed by atoms with Gasteiger partial charge < -0.3 is 10.1 Å². The van der Waals surface area contributed by atoms with Crippen molar-refractivity contribution in [2.45, 2.75) is 13.0 Å². The lowest BCUT2D eigenvalue weighted by atomic mass is 10.1. The van der Waals surface area contributed by atoms with Crippen molar-refractivity contribution in [1.29, 1.82) is 0 Å². The highest BCUT2D eigenvalue weighted by atomic mass is 32.1. The number of methoxy groups -OCH3 is 1. The molecule has 0 aliphatic heterocycles. The summed E-state index contributed by atoms with van der Waals surface area (Å²) in [6, 6.07) is 10.8. The third-order valence-electron chi connectivity index (χ3n) is 2.78. The highest BCUT2D eigenvalue weighted by Crippen LogP contribution is 2.09. The van der Waals surface area contributed by atoms with Crippen molar-refractivity contribution in [1.82, 2.24) is 5.32 Å². The highest BCUT2D eigenvalue weighted by molar-refractivity contribution is 7.10. The summed E-state index contributed by atoms with van der Waals surface area (Å²) in [7, 11) is 1.35. The molecule has 1 aromatic carbocycles. The zero-order valence-electron chi connectivity index (χ0n) is 11.1. The first-order chi connectivity index (χ1) is 9.69. The van der Waals surface area contributed by atoms with Gasteiger partial charge in [0.25, 0.3) is 0 Å². The van der Waals surface area contributed by atoms with Gasteiger partial charge in [-0.05, 0) is 29.1 Å². The van der Waals surface area contributed by atoms with E-state index in [4.69, 9.17) is 0 Å². The molecule has 1 aromatic heterocycles. The Labute approximate surface area is 121 Å². The molecule has 2 rings (SSSR count). The molecule has 4 nitrogen and oxygen atoms in total. The molecule has 0 aliphatic rings. The molecule has 0 saturated heterocycles. The number of hydrogen-bond acceptors (Lipinski definition) is 4. The maximum absolute atomic E-state index is 11.7. The van der Waals surface area contributed by atoms with Crippen molar-refractivity contribution >= 4 is 23.2 Å². The summed E-state index contributed by atoms with van der Waals surface area (Å²) < 4.78 is 4.63. The molecule has 1 N–H and O–H groups in total. The number of amides is 1. The minimum absolute atomic E-state index is 0.00973. The summed E-state index contributed by atoms with van der Waals surface area (Å²) in [5.41, 5.74) is 1.44. The van der Waals surface area contributed by atoms with Crippen LogP contribution in [0.4, 0.5) is 0 Å². The predicted molar refractivity (Wildman–Crippen MR) is 77.7 cm³/mol. The molecule has 1 heterocycles. The Morgan fingerprint density at radius 3 is 2.55 bits per heavy atom. The number of benzene rings is 1. The van der Waals surface area contributed by atoms with Gasteiger partial charge in [-0.1, -0.05) is 18.2 Å². The predicted octanol–water partition coefficient (Wildman–Crippen LogP) is 2.39. The molecular formula is C15H15NO3S. The molecule has 104 valence electrons. The number of carbonyl (C=O) groups excluding carboxylic acids is 2. The van der Waals surface area contributed by atoms with Crippen LogP contribution in [-0.2, 0) is 22.5 Å². The van der Waals surface area contributed by atoms with Gasteiger partial charge in [0.2, 0.25) is 5.91 Å². The smallest absolute Gasteiger partial charge is 0.337 e. The van der Waals surface area contributed by atoms with Gasteiger partial charge in [-0.15, -0.1) is 11.3 Å². The normalized spacial score (nSPS) is 10.1. The summed E-state index contributed by atoms with van der Waals surface area (Å²) >= 11 is 1.57. The standard InChI is InChI=1S/C15H15NO3S/c1-19-15(18)12-6-4-11(5-7-12)10-16-14(17)9-13-3-2-8-20-13/h2-8H,9-10H2,1H3,(H,16,17). The SMILES string of the molecule is COC(=O)c1ccc(CNC(=O)Cc2cccs2)cc1. The topological polar surface area (TPSA) is 55.4 Å². The first-order valence-electron chi connectivity index (χ1n) is 6.15. The number of hydrogen-bond donors (Lipinski definition) is 1. The van der Waals surface area contributed by atoms with Crippen LogP contribution in [0.1, 0.15) is 20.8 Å². The van der Waals surface area contributed by atoms with Gasteiger partial charge >= 0.3 is 5.97 Å². The lowest BCUT2D eigenvalue weighted by Gasteiger charge is -2.05. The fourth-order valence-corrected chi connectivity index (χ4v) is 2.41. The number of thiophene rings is 1. The van der Waals surface area contributed by atoms with Gasteiger partial charge in [0, 0.05) is 11.4 Å². The molecule has 0 fully saturated rings. The molecule has 0 unspecified atom stereocenters. The van der Waals surface area contributed by atoms with Crippen molar-refractivity contribution in [2.75, 3.05) is 7.11 Å². The maximum Gasteiger partial charge on any atom is 0.337 e. The van der Waals surface area contributed by atoms with Gasteiger partial charge in [-0.2, -0.15) is 0 Å². The summed E-state index contributed by atoms with van der Waals surface area (Å²) in [5, 5.41) is 4.80. The Morgan fingerprint density at radius 1 is 1.20 bits per heavy atom. The van der Waals surface area contributed by atoms with Crippen molar-refractivity contribution in [3.8, 4) is 0 Å². The summed E-state index contributed by atoms with van der Waals surface area (Å²) in [6.07, 6.45) is 0.401. The molecule has 1 amide bonds. The van der Waals surface area contributed by atoms with E-state index in [9.17, 15) is 9.59 Å². The van der Waals surface area contributed by atoms with E-state index in [0.717, 1.165) is 10.4 Å². The van der Waals surface area contributed by atoms with E-state index in [2.05, 4.69) is 10.1 Å². The Balaban J connectivity index is 1.84. The van der Waals surface area contributed by atoms with Gasteiger partial charge in [-0.3, -0.25) is 4.79 Å². The van der Waals surface area contributed by atoms with Crippen LogP contribution in [0.3, 0.4) is 0 Å². The number of esters is 1. The molecule has 20 heavy (non-hydrogen) atoms. The number of nitrogens with one attached hydrogen (secondary N) is 1. The van der Waals surface area contributed by atoms with Crippen LogP contribution >= 0.6 is 11.3 Å². The van der Waals surface area contributed by atoms with E-state index in [1.54, 1.807) is 35.6 Å². The number of ether oxygens (including phenoxy) is 1. The summed E-state index contributed by atoms with van der Waals surface area (Å²) in [5.74, 6) is -0.372. The summed E-state index contributed by atoms with van der Waals surface area (Å²) in [6.45, 7) is 0.450. The Kier molecular flexibility index (Phi) is 4.90. The first kappa shape index (κ1) is 14.3. The fraction of sp³-hybridized carbons (Fsp3) is 0.200. The van der Waals surface area contributed by atoms with E-state index in [0.29, 0.717) is 18.5 Å². The van der Waals surface area contributed by atoms with Gasteiger partial charge in [0.05, 0.1) is 19.1 Å². The maximum atomic E-state index is 11.7. The fourth-order valence-electron chi connectivity index (χ4n) is 1.71. The first-order valence-corrected chi connectivity index (χ1v) is 7.03. The third-order valence-corrected chi connectivity index (χ3v) is 3.66. The second-order valence-electron chi connectivity index (χ2n) is 4.22. The molecule has 0 radical (unpaired) electrons. The van der Waals surface area contributed by atoms with Crippen LogP contribution in [0.25, 0.3) is 0 Å². The Hall–Kier alpha value is -2.14. The monoisotopic (exact) mass is 289 g/mol. The molecule has 2 aromatic rings. The minimum Gasteiger partial charge on any atom is -0.465 e. The van der Waals surface area contributed by atoms with Crippen LogP contribution in [0.2, 0.25) is 0 Å². The molecular weight excluding hydrogens is 274 g/mol. The quantitative estimate of drug-likeness (QED) is 0.860. The van der Waals surface area contributed by atoms with Gasteiger partial charge in [0.1, 0.15) is 0 Å². The second-order valence-corrected chi connectivity index (χ2v) is 5.25. The third kappa shape index (κ3) is 3.93. The zero-order chi connectivity index (χ0) is 14.4. The number of carbonyl (C=O) groups is 2. The van der Waals surface area contributed by atoms with Crippen molar-refractivity contribution < 1.29 is 14.3 Å². The van der Waals surface area contributed by atoms with Crippen LogP contribution in [-0.4, -0.2) is 19.0 Å². The second kappa shape index (κ2) is 6.86. The minimum atomic E-state index is -0.363. The average molecular weight is 289 g/mol. The molecule has 0 saturated carbocycles. The summed E-state index contributed by atoms with van der Waals surface area (Å²) in [4.78, 5) is 24.0. The van der Waals surface area contributed by atoms with Crippen molar-refractivity contribution in [2.24, 2.45) is 0 Å². The van der Waals surface area contributed by atoms with Gasteiger partial charge in [0.15, 0.2) is 0 Å². The molecule has 0 aliphatic carbocycles. The van der Waals surface area contributed by atoms with Crippen molar-refractivity contribution in [3.05, 3.63) is 57.8 Å². The zero-order valence-corrected chi connectivity index (χ0v) is 11.9. The Morgan fingerprint density at radius 2 is 1.95 bits per heavy atom. The molecule has 5 heteroatoms. The van der Waals surface area contributed by atoms with Crippen LogP contribution in [0.5, 0.6) is 0 Å². The largest absolute Gasteiger partial charge is 0.465 e. The number of rotatable bonds is 5. The molecule has 0 spiro atoms. The molecule has 0 atom stereocenters. The average Bonchev–Trinajstić information content (AvgIpc) is 2.97. The van der Waals surface area contributed by atoms with E-state index in [1.807, 2.05) is 17.5 Å². The van der Waals surface area contributed by atoms with Crippen LogP contribution in [0.15, 0.2) is 41.8 Å². The molecule has 0 bridgehead atoms. The van der Waals surface area contributed by atoms with E-state index in [1.165, 1.54) is 7.11 Å². The lowest BCUT2D eigenvalue weighted by molar-refractivity contribution is -0.120. The van der Waals surface area contributed by atoms with Gasteiger partial charge in [-0.25, -0.2) is 4.79 Å². The lowest BCUT2D eigenvalue weighted by Crippen LogP contribution is -2.24. The van der Waals surface area contributed by atoms with E-state index in [-0.39, 0.29) is 11.9 Å². The highest BCUT2D eigenvalue weighted by Gasteiger charge is 2.06.